The number of hydrogen-bond acceptors (Lipinski definition) is 2. The van der Waals surface area contributed by atoms with Crippen LogP contribution in [-0.2, 0) is 11.2 Å². The molecule has 0 heterocycles. The van der Waals surface area contributed by atoms with Crippen molar-refractivity contribution in [1.29, 1.82) is 0 Å². The summed E-state index contributed by atoms with van der Waals surface area (Å²) in [4.78, 5) is 11.0. The van der Waals surface area contributed by atoms with Gasteiger partial charge < -0.3 is 4.74 Å². The highest BCUT2D eigenvalue weighted by molar-refractivity contribution is 5.83. The Morgan fingerprint density at radius 3 is 2.94 bits per heavy atom. The van der Waals surface area contributed by atoms with E-state index in [1.165, 1.54) is 30.9 Å². The molecular weight excluding hydrogens is 200 g/mol. The summed E-state index contributed by atoms with van der Waals surface area (Å²) in [6, 6.07) is 7.66. The minimum absolute atomic E-state index is 0.411. The van der Waals surface area contributed by atoms with E-state index in [4.69, 9.17) is 4.74 Å². The molecular formula is C14H18O2. The summed E-state index contributed by atoms with van der Waals surface area (Å²) in [5.74, 6) is 0.185. The second kappa shape index (κ2) is 6.83. The molecule has 1 aromatic rings. The van der Waals surface area contributed by atoms with Crippen LogP contribution >= 0.6 is 0 Å². The van der Waals surface area contributed by atoms with E-state index < -0.39 is 5.97 Å². The SMILES string of the molecule is C=CC(=O)Oc1cccc(CCCCC)c1. The summed E-state index contributed by atoms with van der Waals surface area (Å²) in [6.45, 7) is 5.55. The van der Waals surface area contributed by atoms with Gasteiger partial charge in [-0.05, 0) is 30.5 Å². The maximum Gasteiger partial charge on any atom is 0.335 e. The fraction of sp³-hybridized carbons (Fsp3) is 0.357. The molecule has 0 fully saturated rings. The maximum atomic E-state index is 11.0. The third kappa shape index (κ3) is 4.30. The third-order valence-corrected chi connectivity index (χ3v) is 2.35. The number of esters is 1. The average molecular weight is 218 g/mol. The van der Waals surface area contributed by atoms with E-state index in [9.17, 15) is 4.79 Å². The quantitative estimate of drug-likeness (QED) is 0.316. The summed E-state index contributed by atoms with van der Waals surface area (Å²) in [5.41, 5.74) is 1.21. The van der Waals surface area contributed by atoms with Gasteiger partial charge in [-0.1, -0.05) is 38.5 Å². The van der Waals surface area contributed by atoms with Crippen molar-refractivity contribution in [2.75, 3.05) is 0 Å². The molecule has 0 amide bonds. The van der Waals surface area contributed by atoms with Crippen molar-refractivity contribution in [3.05, 3.63) is 42.5 Å². The van der Waals surface area contributed by atoms with E-state index in [1.54, 1.807) is 6.07 Å². The maximum absolute atomic E-state index is 11.0. The first-order valence-corrected chi connectivity index (χ1v) is 5.69. The zero-order valence-electron chi connectivity index (χ0n) is 9.74. The van der Waals surface area contributed by atoms with Gasteiger partial charge in [0.2, 0.25) is 0 Å². The normalized spacial score (nSPS) is 9.81. The molecule has 0 bridgehead atoms. The fourth-order valence-electron chi connectivity index (χ4n) is 1.50. The average Bonchev–Trinajstić information content (AvgIpc) is 2.30. The summed E-state index contributed by atoms with van der Waals surface area (Å²) in [5, 5.41) is 0. The fourth-order valence-corrected chi connectivity index (χ4v) is 1.50. The molecule has 0 aliphatic rings. The van der Waals surface area contributed by atoms with Crippen LogP contribution in [0.1, 0.15) is 31.7 Å². The van der Waals surface area contributed by atoms with Crippen molar-refractivity contribution < 1.29 is 9.53 Å². The number of unbranched alkanes of at least 4 members (excludes halogenated alkanes) is 2. The molecule has 0 saturated carbocycles. The lowest BCUT2D eigenvalue weighted by atomic mass is 10.1. The molecule has 1 rings (SSSR count). The van der Waals surface area contributed by atoms with Crippen LogP contribution in [0.4, 0.5) is 0 Å². The Labute approximate surface area is 96.9 Å². The molecule has 0 spiro atoms. The molecule has 0 aromatic heterocycles. The molecule has 0 atom stereocenters. The molecule has 2 heteroatoms. The predicted molar refractivity (Wildman–Crippen MR) is 65.5 cm³/mol. The smallest absolute Gasteiger partial charge is 0.335 e. The van der Waals surface area contributed by atoms with Gasteiger partial charge in [0, 0.05) is 6.08 Å². The summed E-state index contributed by atoms with van der Waals surface area (Å²) in [6.07, 6.45) is 5.83. The lowest BCUT2D eigenvalue weighted by Gasteiger charge is -2.04. The molecule has 0 unspecified atom stereocenters. The molecule has 2 nitrogen and oxygen atoms in total. The van der Waals surface area contributed by atoms with Crippen molar-refractivity contribution in [3.8, 4) is 5.75 Å². The highest BCUT2D eigenvalue weighted by atomic mass is 16.5. The van der Waals surface area contributed by atoms with Crippen molar-refractivity contribution in [3.63, 3.8) is 0 Å². The largest absolute Gasteiger partial charge is 0.423 e. The third-order valence-electron chi connectivity index (χ3n) is 2.35. The molecule has 1 aromatic carbocycles. The van der Waals surface area contributed by atoms with E-state index in [2.05, 4.69) is 19.6 Å². The van der Waals surface area contributed by atoms with Gasteiger partial charge in [0.15, 0.2) is 0 Å². The summed E-state index contributed by atoms with van der Waals surface area (Å²) in [7, 11) is 0. The number of carbonyl (C=O) groups excluding carboxylic acids is 1. The van der Waals surface area contributed by atoms with E-state index in [0.717, 1.165) is 6.42 Å². The lowest BCUT2D eigenvalue weighted by Crippen LogP contribution is -2.03. The van der Waals surface area contributed by atoms with Crippen LogP contribution in [0, 0.1) is 0 Å². The van der Waals surface area contributed by atoms with Gasteiger partial charge in [-0.15, -0.1) is 0 Å². The molecule has 16 heavy (non-hydrogen) atoms. The first-order valence-electron chi connectivity index (χ1n) is 5.69. The van der Waals surface area contributed by atoms with E-state index in [0.29, 0.717) is 5.75 Å². The minimum Gasteiger partial charge on any atom is -0.423 e. The van der Waals surface area contributed by atoms with Crippen LogP contribution in [-0.4, -0.2) is 5.97 Å². The highest BCUT2D eigenvalue weighted by Gasteiger charge is 2.00. The van der Waals surface area contributed by atoms with Gasteiger partial charge in [-0.25, -0.2) is 4.79 Å². The summed E-state index contributed by atoms with van der Waals surface area (Å²) < 4.78 is 5.05. The Hall–Kier alpha value is -1.57. The van der Waals surface area contributed by atoms with Gasteiger partial charge in [0.25, 0.3) is 0 Å². The minimum atomic E-state index is -0.411. The Balaban J connectivity index is 2.56. The number of aryl methyl sites for hydroxylation is 1. The van der Waals surface area contributed by atoms with Crippen LogP contribution in [0.15, 0.2) is 36.9 Å². The molecule has 0 N–H and O–H groups in total. The molecule has 0 saturated heterocycles. The van der Waals surface area contributed by atoms with E-state index in [1.807, 2.05) is 12.1 Å². The Kier molecular flexibility index (Phi) is 5.34. The second-order valence-electron chi connectivity index (χ2n) is 3.73. The first-order chi connectivity index (χ1) is 7.76. The zero-order valence-corrected chi connectivity index (χ0v) is 9.74. The van der Waals surface area contributed by atoms with Crippen LogP contribution < -0.4 is 4.74 Å². The zero-order chi connectivity index (χ0) is 11.8. The monoisotopic (exact) mass is 218 g/mol. The van der Waals surface area contributed by atoms with Crippen molar-refractivity contribution >= 4 is 5.97 Å². The molecule has 0 radical (unpaired) electrons. The van der Waals surface area contributed by atoms with Crippen LogP contribution in [0.25, 0.3) is 0 Å². The number of hydrogen-bond donors (Lipinski definition) is 0. The van der Waals surface area contributed by atoms with Crippen LogP contribution in [0.2, 0.25) is 0 Å². The van der Waals surface area contributed by atoms with Gasteiger partial charge in [0.05, 0.1) is 0 Å². The Morgan fingerprint density at radius 2 is 2.25 bits per heavy atom. The van der Waals surface area contributed by atoms with Gasteiger partial charge in [-0.2, -0.15) is 0 Å². The second-order valence-corrected chi connectivity index (χ2v) is 3.73. The molecule has 0 aliphatic carbocycles. The molecule has 86 valence electrons. The number of rotatable bonds is 6. The number of benzene rings is 1. The van der Waals surface area contributed by atoms with Crippen molar-refractivity contribution in [2.24, 2.45) is 0 Å². The van der Waals surface area contributed by atoms with Crippen molar-refractivity contribution in [1.82, 2.24) is 0 Å². The standard InChI is InChI=1S/C14H18O2/c1-3-5-6-8-12-9-7-10-13(11-12)16-14(15)4-2/h4,7,9-11H,2-3,5-6,8H2,1H3. The number of ether oxygens (including phenoxy) is 1. The van der Waals surface area contributed by atoms with E-state index in [-0.39, 0.29) is 0 Å². The summed E-state index contributed by atoms with van der Waals surface area (Å²) >= 11 is 0. The molecule has 0 aliphatic heterocycles. The Morgan fingerprint density at radius 1 is 1.44 bits per heavy atom. The van der Waals surface area contributed by atoms with Gasteiger partial charge in [-0.3, -0.25) is 0 Å². The number of carbonyl (C=O) groups is 1. The van der Waals surface area contributed by atoms with Crippen LogP contribution in [0.5, 0.6) is 5.75 Å². The predicted octanol–water partition coefficient (Wildman–Crippen LogP) is 3.51. The Bertz CT molecular complexity index is 356. The first kappa shape index (κ1) is 12.5. The van der Waals surface area contributed by atoms with Gasteiger partial charge >= 0.3 is 5.97 Å². The lowest BCUT2D eigenvalue weighted by molar-refractivity contribution is -0.128. The highest BCUT2D eigenvalue weighted by Crippen LogP contribution is 2.15. The van der Waals surface area contributed by atoms with Crippen molar-refractivity contribution in [2.45, 2.75) is 32.6 Å². The van der Waals surface area contributed by atoms with E-state index >= 15 is 0 Å². The van der Waals surface area contributed by atoms with Crippen LogP contribution in [0.3, 0.4) is 0 Å². The topological polar surface area (TPSA) is 26.3 Å². The van der Waals surface area contributed by atoms with Gasteiger partial charge in [0.1, 0.15) is 5.75 Å².